The number of hydrogen-bond donors (Lipinski definition) is 0. The Bertz CT molecular complexity index is 688. The molecule has 0 N–H and O–H groups in total. The van der Waals surface area contributed by atoms with Crippen molar-refractivity contribution in [3.05, 3.63) is 26.9 Å². The molecule has 1 saturated heterocycles. The van der Waals surface area contributed by atoms with Crippen molar-refractivity contribution in [1.82, 2.24) is 4.31 Å². The second-order valence-electron chi connectivity index (χ2n) is 5.15. The number of halogens is 3. The van der Waals surface area contributed by atoms with Gasteiger partial charge in [-0.3, -0.25) is 4.79 Å². The second kappa shape index (κ2) is 7.58. The van der Waals surface area contributed by atoms with Crippen LogP contribution in [0.1, 0.15) is 19.8 Å². The zero-order chi connectivity index (χ0) is 17.2. The third-order valence-corrected chi connectivity index (χ3v) is 7.31. The van der Waals surface area contributed by atoms with Crippen molar-refractivity contribution in [1.29, 1.82) is 0 Å². The van der Waals surface area contributed by atoms with E-state index in [9.17, 15) is 17.6 Å². The Morgan fingerprint density at radius 3 is 2.57 bits per heavy atom. The van der Waals surface area contributed by atoms with E-state index in [2.05, 4.69) is 31.9 Å². The molecule has 1 aliphatic rings. The Balaban J connectivity index is 2.31. The molecule has 0 saturated carbocycles. The highest BCUT2D eigenvalue weighted by Crippen LogP contribution is 2.34. The zero-order valence-electron chi connectivity index (χ0n) is 12.4. The van der Waals surface area contributed by atoms with Crippen LogP contribution in [0.15, 0.2) is 26.0 Å². The van der Waals surface area contributed by atoms with Gasteiger partial charge in [0.1, 0.15) is 10.7 Å². The van der Waals surface area contributed by atoms with E-state index >= 15 is 0 Å². The summed E-state index contributed by atoms with van der Waals surface area (Å²) < 4.78 is 45.6. The number of sulfonamides is 1. The molecule has 0 aromatic heterocycles. The van der Waals surface area contributed by atoms with Gasteiger partial charge in [-0.2, -0.15) is 4.31 Å². The van der Waals surface area contributed by atoms with Crippen molar-refractivity contribution >= 4 is 47.9 Å². The molecule has 0 spiro atoms. The van der Waals surface area contributed by atoms with E-state index in [0.717, 1.165) is 12.1 Å². The lowest BCUT2D eigenvalue weighted by atomic mass is 10.0. The SMILES string of the molecule is CCOC(=O)[C@H]1CCCN(S(=O)(=O)c2c(Br)cc(F)cc2Br)C1. The van der Waals surface area contributed by atoms with Crippen LogP contribution in [0.2, 0.25) is 0 Å². The summed E-state index contributed by atoms with van der Waals surface area (Å²) in [6.07, 6.45) is 1.16. The molecule has 0 bridgehead atoms. The van der Waals surface area contributed by atoms with E-state index in [1.165, 1.54) is 4.31 Å². The predicted octanol–water partition coefficient (Wildman–Crippen LogP) is 3.31. The topological polar surface area (TPSA) is 63.7 Å². The number of rotatable bonds is 4. The highest BCUT2D eigenvalue weighted by atomic mass is 79.9. The highest BCUT2D eigenvalue weighted by molar-refractivity contribution is 9.11. The molecule has 2 rings (SSSR count). The lowest BCUT2D eigenvalue weighted by Crippen LogP contribution is -2.43. The standard InChI is InChI=1S/C14H16Br2FNO4S/c1-2-22-14(19)9-4-3-5-18(8-9)23(20,21)13-11(15)6-10(17)7-12(13)16/h6-7,9H,2-5,8H2,1H3/t9-/m0/s1. The lowest BCUT2D eigenvalue weighted by molar-refractivity contribution is -0.149. The molecule has 0 aliphatic carbocycles. The number of piperidine rings is 1. The average molecular weight is 473 g/mol. The van der Waals surface area contributed by atoms with Gasteiger partial charge in [0.05, 0.1) is 12.5 Å². The Morgan fingerprint density at radius 2 is 2.00 bits per heavy atom. The lowest BCUT2D eigenvalue weighted by Gasteiger charge is -2.31. The summed E-state index contributed by atoms with van der Waals surface area (Å²) in [5.74, 6) is -1.41. The molecular formula is C14H16Br2FNO4S. The van der Waals surface area contributed by atoms with Crippen LogP contribution in [0.4, 0.5) is 4.39 Å². The largest absolute Gasteiger partial charge is 0.466 e. The molecule has 1 aliphatic heterocycles. The Hall–Kier alpha value is -0.510. The van der Waals surface area contributed by atoms with Crippen LogP contribution in [-0.4, -0.2) is 38.4 Å². The van der Waals surface area contributed by atoms with Crippen LogP contribution in [0.25, 0.3) is 0 Å². The number of ether oxygens (including phenoxy) is 1. The minimum atomic E-state index is -3.86. The van der Waals surface area contributed by atoms with Crippen molar-refractivity contribution in [2.24, 2.45) is 5.92 Å². The third-order valence-electron chi connectivity index (χ3n) is 3.56. The fourth-order valence-corrected chi connectivity index (χ4v) is 6.49. The van der Waals surface area contributed by atoms with E-state index in [0.29, 0.717) is 19.4 Å². The summed E-state index contributed by atoms with van der Waals surface area (Å²) >= 11 is 6.20. The zero-order valence-corrected chi connectivity index (χ0v) is 16.4. The van der Waals surface area contributed by atoms with Gasteiger partial charge in [-0.15, -0.1) is 0 Å². The molecule has 1 atom stereocenters. The first-order valence-electron chi connectivity index (χ1n) is 7.08. The molecule has 1 aromatic carbocycles. The maximum absolute atomic E-state index is 13.4. The number of carbonyl (C=O) groups excluding carboxylic acids is 1. The Kier molecular flexibility index (Phi) is 6.21. The summed E-state index contributed by atoms with van der Waals surface area (Å²) in [5.41, 5.74) is 0. The van der Waals surface area contributed by atoms with Crippen molar-refractivity contribution in [3.63, 3.8) is 0 Å². The molecule has 1 aromatic rings. The molecular weight excluding hydrogens is 457 g/mol. The number of benzene rings is 1. The molecule has 9 heteroatoms. The van der Waals surface area contributed by atoms with Gasteiger partial charge in [0.2, 0.25) is 10.0 Å². The van der Waals surface area contributed by atoms with Gasteiger partial charge >= 0.3 is 5.97 Å². The minimum Gasteiger partial charge on any atom is -0.466 e. The Labute approximate surface area is 151 Å². The van der Waals surface area contributed by atoms with Crippen LogP contribution in [0.5, 0.6) is 0 Å². The molecule has 0 radical (unpaired) electrons. The molecule has 128 valence electrons. The van der Waals surface area contributed by atoms with Crippen molar-refractivity contribution in [2.45, 2.75) is 24.7 Å². The first-order chi connectivity index (χ1) is 10.8. The highest BCUT2D eigenvalue weighted by Gasteiger charge is 2.36. The van der Waals surface area contributed by atoms with Crippen LogP contribution >= 0.6 is 31.9 Å². The van der Waals surface area contributed by atoms with Gasteiger partial charge in [0.15, 0.2) is 0 Å². The van der Waals surface area contributed by atoms with E-state index < -0.39 is 21.8 Å². The fourth-order valence-electron chi connectivity index (χ4n) is 2.52. The Morgan fingerprint density at radius 1 is 1.39 bits per heavy atom. The van der Waals surface area contributed by atoms with Crippen molar-refractivity contribution in [2.75, 3.05) is 19.7 Å². The maximum atomic E-state index is 13.4. The van der Waals surface area contributed by atoms with Gasteiger partial charge in [-0.25, -0.2) is 12.8 Å². The number of carbonyl (C=O) groups is 1. The minimum absolute atomic E-state index is 0.0385. The van der Waals surface area contributed by atoms with Gasteiger partial charge in [0, 0.05) is 22.0 Å². The van der Waals surface area contributed by atoms with Crippen molar-refractivity contribution < 1.29 is 22.3 Å². The summed E-state index contributed by atoms with van der Waals surface area (Å²) in [4.78, 5) is 11.8. The number of hydrogen-bond acceptors (Lipinski definition) is 4. The van der Waals surface area contributed by atoms with Crippen LogP contribution < -0.4 is 0 Å². The fraction of sp³-hybridized carbons (Fsp3) is 0.500. The average Bonchev–Trinajstić information content (AvgIpc) is 2.46. The quantitative estimate of drug-likeness (QED) is 0.630. The van der Waals surface area contributed by atoms with E-state index in [4.69, 9.17) is 4.74 Å². The smallest absolute Gasteiger partial charge is 0.310 e. The molecule has 23 heavy (non-hydrogen) atoms. The first-order valence-corrected chi connectivity index (χ1v) is 10.1. The van der Waals surface area contributed by atoms with E-state index in [1.54, 1.807) is 6.92 Å². The third kappa shape index (κ3) is 4.12. The summed E-state index contributed by atoms with van der Waals surface area (Å²) in [6.45, 7) is 2.35. The molecule has 1 heterocycles. The molecule has 0 unspecified atom stereocenters. The number of esters is 1. The van der Waals surface area contributed by atoms with Gasteiger partial charge in [0.25, 0.3) is 0 Å². The first kappa shape index (κ1) is 18.8. The molecule has 5 nitrogen and oxygen atoms in total. The molecule has 1 fully saturated rings. The predicted molar refractivity (Wildman–Crippen MR) is 89.9 cm³/mol. The van der Waals surface area contributed by atoms with Gasteiger partial charge < -0.3 is 4.74 Å². The van der Waals surface area contributed by atoms with E-state index in [1.807, 2.05) is 0 Å². The summed E-state index contributed by atoms with van der Waals surface area (Å²) in [7, 11) is -3.86. The second-order valence-corrected chi connectivity index (χ2v) is 8.74. The van der Waals surface area contributed by atoms with Crippen LogP contribution in [0.3, 0.4) is 0 Å². The number of nitrogens with zero attached hydrogens (tertiary/aromatic N) is 1. The normalized spacial score (nSPS) is 19.6. The van der Waals surface area contributed by atoms with Crippen LogP contribution in [-0.2, 0) is 19.6 Å². The van der Waals surface area contributed by atoms with Crippen molar-refractivity contribution in [3.8, 4) is 0 Å². The summed E-state index contributed by atoms with van der Waals surface area (Å²) in [5, 5.41) is 0. The molecule has 0 amide bonds. The van der Waals surface area contributed by atoms with E-state index in [-0.39, 0.29) is 33.0 Å². The summed E-state index contributed by atoms with van der Waals surface area (Å²) in [6, 6.07) is 2.20. The maximum Gasteiger partial charge on any atom is 0.310 e. The van der Waals surface area contributed by atoms with Crippen LogP contribution in [0, 0.1) is 11.7 Å². The van der Waals surface area contributed by atoms with Gasteiger partial charge in [-0.1, -0.05) is 0 Å². The van der Waals surface area contributed by atoms with Gasteiger partial charge in [-0.05, 0) is 63.8 Å². The monoisotopic (exact) mass is 471 g/mol.